The zero-order valence-electron chi connectivity index (χ0n) is 11.6. The minimum Gasteiger partial charge on any atom is -0.465 e. The number of ether oxygens (including phenoxy) is 1. The molecule has 4 nitrogen and oxygen atoms in total. The van der Waals surface area contributed by atoms with Gasteiger partial charge in [-0.1, -0.05) is 43.7 Å². The number of hydrogen-bond acceptors (Lipinski definition) is 5. The van der Waals surface area contributed by atoms with Gasteiger partial charge in [0.05, 0.1) is 7.11 Å². The number of thiazole rings is 1. The molecule has 0 aliphatic heterocycles. The van der Waals surface area contributed by atoms with Crippen molar-refractivity contribution >= 4 is 34.0 Å². The van der Waals surface area contributed by atoms with E-state index >= 15 is 0 Å². The molecule has 1 rings (SSSR count). The molecule has 0 amide bonds. The van der Waals surface area contributed by atoms with Gasteiger partial charge in [0, 0.05) is 13.1 Å². The SMILES string of the molecule is COC(=O)c1sc(N(C)C(C)C(C)(C)C)nc1Cl. The zero-order valence-corrected chi connectivity index (χ0v) is 13.1. The monoisotopic (exact) mass is 290 g/mol. The molecule has 0 fully saturated rings. The predicted molar refractivity (Wildman–Crippen MR) is 75.8 cm³/mol. The molecule has 0 bridgehead atoms. The second-order valence-corrected chi connectivity index (χ2v) is 6.60. The number of aromatic nitrogens is 1. The van der Waals surface area contributed by atoms with Crippen LogP contribution in [-0.2, 0) is 4.74 Å². The molecular formula is C12H19ClN2O2S. The standard InChI is InChI=1S/C12H19ClN2O2S/c1-7(12(2,3)4)15(5)11-14-9(13)8(18-11)10(16)17-6/h7H,1-6H3. The lowest BCUT2D eigenvalue weighted by Crippen LogP contribution is -2.39. The molecule has 18 heavy (non-hydrogen) atoms. The predicted octanol–water partition coefficient (Wildman–Crippen LogP) is 3.45. The summed E-state index contributed by atoms with van der Waals surface area (Å²) in [5.41, 5.74) is 0.109. The third-order valence-corrected chi connectivity index (χ3v) is 4.59. The van der Waals surface area contributed by atoms with Crippen molar-refractivity contribution in [3.63, 3.8) is 0 Å². The van der Waals surface area contributed by atoms with Crippen LogP contribution in [0, 0.1) is 5.41 Å². The van der Waals surface area contributed by atoms with Crippen molar-refractivity contribution in [1.82, 2.24) is 4.98 Å². The van der Waals surface area contributed by atoms with Crippen molar-refractivity contribution in [3.05, 3.63) is 10.0 Å². The average molecular weight is 291 g/mol. The number of methoxy groups -OCH3 is 1. The van der Waals surface area contributed by atoms with Crippen molar-refractivity contribution in [2.75, 3.05) is 19.1 Å². The minimum atomic E-state index is -0.444. The Hall–Kier alpha value is -0.810. The van der Waals surface area contributed by atoms with Crippen molar-refractivity contribution in [2.24, 2.45) is 5.41 Å². The summed E-state index contributed by atoms with van der Waals surface area (Å²) >= 11 is 7.21. The lowest BCUT2D eigenvalue weighted by molar-refractivity contribution is 0.0606. The number of carbonyl (C=O) groups excluding carboxylic acids is 1. The van der Waals surface area contributed by atoms with E-state index in [1.54, 1.807) is 0 Å². The molecule has 0 N–H and O–H groups in total. The first-order chi connectivity index (χ1) is 8.18. The van der Waals surface area contributed by atoms with Crippen molar-refractivity contribution in [1.29, 1.82) is 0 Å². The molecule has 102 valence electrons. The molecule has 0 saturated carbocycles. The van der Waals surface area contributed by atoms with Crippen molar-refractivity contribution < 1.29 is 9.53 Å². The summed E-state index contributed by atoms with van der Waals surface area (Å²) < 4.78 is 4.67. The third-order valence-electron chi connectivity index (χ3n) is 3.08. The molecule has 0 saturated heterocycles. The molecule has 6 heteroatoms. The van der Waals surface area contributed by atoms with Gasteiger partial charge in [0.25, 0.3) is 0 Å². The highest BCUT2D eigenvalue weighted by Crippen LogP contribution is 2.33. The number of anilines is 1. The van der Waals surface area contributed by atoms with E-state index in [4.69, 9.17) is 11.6 Å². The summed E-state index contributed by atoms with van der Waals surface area (Å²) in [5, 5.41) is 0.928. The van der Waals surface area contributed by atoms with Gasteiger partial charge in [0.2, 0.25) is 0 Å². The van der Waals surface area contributed by atoms with Crippen LogP contribution in [0.3, 0.4) is 0 Å². The summed E-state index contributed by atoms with van der Waals surface area (Å²) in [6.07, 6.45) is 0. The molecule has 0 aliphatic rings. The molecule has 0 aromatic carbocycles. The lowest BCUT2D eigenvalue weighted by atomic mass is 9.87. The Bertz CT molecular complexity index is 440. The zero-order chi connectivity index (χ0) is 14.1. The second kappa shape index (κ2) is 5.45. The molecular weight excluding hydrogens is 272 g/mol. The molecule has 0 radical (unpaired) electrons. The van der Waals surface area contributed by atoms with Gasteiger partial charge in [0.15, 0.2) is 15.2 Å². The van der Waals surface area contributed by atoms with Gasteiger partial charge in [-0.25, -0.2) is 9.78 Å². The van der Waals surface area contributed by atoms with Crippen LogP contribution in [0.15, 0.2) is 0 Å². The lowest BCUT2D eigenvalue weighted by Gasteiger charge is -2.35. The highest BCUT2D eigenvalue weighted by molar-refractivity contribution is 7.18. The Morgan fingerprint density at radius 1 is 1.50 bits per heavy atom. The second-order valence-electron chi connectivity index (χ2n) is 5.26. The minimum absolute atomic E-state index is 0.109. The smallest absolute Gasteiger partial charge is 0.351 e. The van der Waals surface area contributed by atoms with Gasteiger partial charge in [-0.2, -0.15) is 0 Å². The Labute approximate surface area is 117 Å². The first-order valence-electron chi connectivity index (χ1n) is 5.66. The van der Waals surface area contributed by atoms with E-state index in [-0.39, 0.29) is 16.6 Å². The van der Waals surface area contributed by atoms with E-state index in [2.05, 4.69) is 37.4 Å². The molecule has 1 heterocycles. The maximum atomic E-state index is 11.5. The normalized spacial score (nSPS) is 13.3. The first-order valence-corrected chi connectivity index (χ1v) is 6.85. The van der Waals surface area contributed by atoms with Crippen LogP contribution >= 0.6 is 22.9 Å². The summed E-state index contributed by atoms with van der Waals surface area (Å²) in [6, 6.07) is 0.269. The van der Waals surface area contributed by atoms with Gasteiger partial charge < -0.3 is 9.64 Å². The van der Waals surface area contributed by atoms with E-state index < -0.39 is 5.97 Å². The van der Waals surface area contributed by atoms with E-state index in [1.807, 2.05) is 11.9 Å². The maximum absolute atomic E-state index is 11.5. The summed E-state index contributed by atoms with van der Waals surface area (Å²) in [7, 11) is 3.28. The fraction of sp³-hybridized carbons (Fsp3) is 0.667. The van der Waals surface area contributed by atoms with Crippen LogP contribution in [0.2, 0.25) is 5.15 Å². The number of halogens is 1. The van der Waals surface area contributed by atoms with E-state index in [0.717, 1.165) is 5.13 Å². The topological polar surface area (TPSA) is 42.4 Å². The highest BCUT2D eigenvalue weighted by Gasteiger charge is 2.27. The number of carbonyl (C=O) groups is 1. The maximum Gasteiger partial charge on any atom is 0.351 e. The van der Waals surface area contributed by atoms with E-state index in [9.17, 15) is 4.79 Å². The van der Waals surface area contributed by atoms with Crippen LogP contribution in [0.25, 0.3) is 0 Å². The molecule has 0 aliphatic carbocycles. The summed E-state index contributed by atoms with van der Waals surface area (Å²) in [6.45, 7) is 8.59. The van der Waals surface area contributed by atoms with Crippen molar-refractivity contribution in [2.45, 2.75) is 33.7 Å². The fourth-order valence-corrected chi connectivity index (χ4v) is 2.65. The van der Waals surface area contributed by atoms with E-state index in [1.165, 1.54) is 18.4 Å². The average Bonchev–Trinajstić information content (AvgIpc) is 2.67. The number of esters is 1. The van der Waals surface area contributed by atoms with Crippen LogP contribution in [-0.4, -0.2) is 31.2 Å². The van der Waals surface area contributed by atoms with Gasteiger partial charge in [-0.05, 0) is 12.3 Å². The summed E-state index contributed by atoms with van der Waals surface area (Å²) in [4.78, 5) is 18.1. The summed E-state index contributed by atoms with van der Waals surface area (Å²) in [5.74, 6) is -0.444. The van der Waals surface area contributed by atoms with E-state index in [0.29, 0.717) is 4.88 Å². The molecule has 0 spiro atoms. The number of nitrogens with zero attached hydrogens (tertiary/aromatic N) is 2. The van der Waals surface area contributed by atoms with Gasteiger partial charge >= 0.3 is 5.97 Å². The fourth-order valence-electron chi connectivity index (χ4n) is 1.41. The van der Waals surface area contributed by atoms with Crippen LogP contribution < -0.4 is 4.90 Å². The highest BCUT2D eigenvalue weighted by atomic mass is 35.5. The third kappa shape index (κ3) is 3.14. The Kier molecular flexibility index (Phi) is 4.61. The number of rotatable bonds is 3. The van der Waals surface area contributed by atoms with Crippen LogP contribution in [0.1, 0.15) is 37.4 Å². The Morgan fingerprint density at radius 2 is 2.06 bits per heavy atom. The molecule has 1 aromatic rings. The largest absolute Gasteiger partial charge is 0.465 e. The van der Waals surface area contributed by atoms with Gasteiger partial charge in [0.1, 0.15) is 0 Å². The quantitative estimate of drug-likeness (QED) is 0.800. The first kappa shape index (κ1) is 15.2. The number of hydrogen-bond donors (Lipinski definition) is 0. The molecule has 1 atom stereocenters. The van der Waals surface area contributed by atoms with Crippen molar-refractivity contribution in [3.8, 4) is 0 Å². The Balaban J connectivity index is 3.01. The van der Waals surface area contributed by atoms with Gasteiger partial charge in [-0.3, -0.25) is 0 Å². The Morgan fingerprint density at radius 3 is 2.50 bits per heavy atom. The van der Waals surface area contributed by atoms with Crippen LogP contribution in [0.5, 0.6) is 0 Å². The molecule has 1 aromatic heterocycles. The molecule has 1 unspecified atom stereocenters. The van der Waals surface area contributed by atoms with Crippen LogP contribution in [0.4, 0.5) is 5.13 Å². The van der Waals surface area contributed by atoms with Gasteiger partial charge in [-0.15, -0.1) is 0 Å².